The number of benzene rings is 2. The average molecular weight is 489 g/mol. The molecule has 3 aliphatic rings. The smallest absolute Gasteiger partial charge is 0.254 e. The van der Waals surface area contributed by atoms with Crippen molar-refractivity contribution < 1.29 is 19.4 Å². The molecule has 2 aromatic carbocycles. The summed E-state index contributed by atoms with van der Waals surface area (Å²) in [6.45, 7) is 3.32. The number of nitrogens with zero attached hydrogens (tertiary/aromatic N) is 2. The molecule has 1 aromatic heterocycles. The molecule has 3 heterocycles. The summed E-state index contributed by atoms with van der Waals surface area (Å²) < 4.78 is 11.6. The molecule has 0 radical (unpaired) electrons. The summed E-state index contributed by atoms with van der Waals surface area (Å²) in [6.07, 6.45) is 4.98. The van der Waals surface area contributed by atoms with Gasteiger partial charge in [0.1, 0.15) is 12.0 Å². The van der Waals surface area contributed by atoms with Crippen LogP contribution in [0.5, 0.6) is 5.75 Å². The molecule has 1 fully saturated rings. The van der Waals surface area contributed by atoms with Crippen LogP contribution in [-0.4, -0.2) is 32.7 Å². The normalized spacial score (nSPS) is 23.4. The predicted octanol–water partition coefficient (Wildman–Crippen LogP) is 3.70. The van der Waals surface area contributed by atoms with Crippen LogP contribution in [0.4, 0.5) is 0 Å². The second kappa shape index (κ2) is 9.48. The molecule has 7 heteroatoms. The van der Waals surface area contributed by atoms with Gasteiger partial charge in [-0.25, -0.2) is 4.90 Å². The monoisotopic (exact) mass is 488 g/mol. The molecule has 0 spiro atoms. The van der Waals surface area contributed by atoms with E-state index in [0.29, 0.717) is 36.9 Å². The number of fused-ring (bicyclic) bond motifs is 2. The van der Waals surface area contributed by atoms with Crippen molar-refractivity contribution >= 4 is 0 Å². The molecule has 1 saturated carbocycles. The maximum absolute atomic E-state index is 12.6. The van der Waals surface area contributed by atoms with E-state index >= 15 is 0 Å². The van der Waals surface area contributed by atoms with Gasteiger partial charge in [-0.05, 0) is 48.3 Å². The molecule has 0 unspecified atom stereocenters. The van der Waals surface area contributed by atoms with Crippen LogP contribution in [0.1, 0.15) is 53.7 Å². The first kappa shape index (κ1) is 23.4. The molecule has 0 bridgehead atoms. The van der Waals surface area contributed by atoms with Gasteiger partial charge in [-0.3, -0.25) is 9.69 Å². The van der Waals surface area contributed by atoms with E-state index in [1.807, 2.05) is 18.2 Å². The maximum atomic E-state index is 12.6. The zero-order valence-electron chi connectivity index (χ0n) is 20.3. The summed E-state index contributed by atoms with van der Waals surface area (Å²) in [6, 6.07) is 17.6. The van der Waals surface area contributed by atoms with Gasteiger partial charge >= 0.3 is 0 Å². The van der Waals surface area contributed by atoms with E-state index in [2.05, 4.69) is 29.2 Å². The molecule has 188 valence electrons. The number of hydrogen-bond donors (Lipinski definition) is 2. The number of ether oxygens (including phenoxy) is 1. The fourth-order valence-electron chi connectivity index (χ4n) is 6.01. The van der Waals surface area contributed by atoms with Gasteiger partial charge in [-0.2, -0.15) is 0 Å². The summed E-state index contributed by atoms with van der Waals surface area (Å²) in [7, 11) is 0. The number of hydrogen-bond acceptors (Lipinski definition) is 7. The molecule has 3 aromatic rings. The molecule has 0 amide bonds. The van der Waals surface area contributed by atoms with E-state index in [1.165, 1.54) is 17.4 Å². The Balaban J connectivity index is 0.999. The fraction of sp³-hybridized carbons (Fsp3) is 0.414. The highest BCUT2D eigenvalue weighted by molar-refractivity contribution is 5.34. The van der Waals surface area contributed by atoms with E-state index in [0.717, 1.165) is 44.3 Å². The highest BCUT2D eigenvalue weighted by Gasteiger charge is 2.46. The zero-order chi connectivity index (χ0) is 24.7. The first-order valence-corrected chi connectivity index (χ1v) is 12.8. The Labute approximate surface area is 210 Å². The van der Waals surface area contributed by atoms with Crippen molar-refractivity contribution in [3.63, 3.8) is 0 Å². The van der Waals surface area contributed by atoms with Crippen molar-refractivity contribution in [2.24, 2.45) is 5.92 Å². The third kappa shape index (κ3) is 4.48. The Kier molecular flexibility index (Phi) is 6.17. The van der Waals surface area contributed by atoms with Crippen molar-refractivity contribution in [2.75, 3.05) is 6.61 Å². The summed E-state index contributed by atoms with van der Waals surface area (Å²) in [5.74, 6) is -0.697. The molecule has 7 nitrogen and oxygen atoms in total. The van der Waals surface area contributed by atoms with Gasteiger partial charge in [-0.15, -0.1) is 0 Å². The lowest BCUT2D eigenvalue weighted by molar-refractivity contribution is -0.282. The van der Waals surface area contributed by atoms with Gasteiger partial charge in [0.2, 0.25) is 11.2 Å². The van der Waals surface area contributed by atoms with E-state index < -0.39 is 5.91 Å². The summed E-state index contributed by atoms with van der Waals surface area (Å²) in [5.41, 5.74) is 4.05. The fourth-order valence-corrected chi connectivity index (χ4v) is 6.01. The van der Waals surface area contributed by atoms with Gasteiger partial charge < -0.3 is 19.4 Å². The zero-order valence-corrected chi connectivity index (χ0v) is 20.3. The molecule has 6 rings (SSSR count). The Morgan fingerprint density at radius 1 is 0.917 bits per heavy atom. The molecular formula is C29H32N2O5. The van der Waals surface area contributed by atoms with Crippen LogP contribution in [0.15, 0.2) is 70.1 Å². The van der Waals surface area contributed by atoms with Gasteiger partial charge in [0, 0.05) is 37.3 Å². The molecule has 1 aliphatic carbocycles. The van der Waals surface area contributed by atoms with Crippen molar-refractivity contribution in [1.82, 2.24) is 9.80 Å². The largest absolute Gasteiger partial charge is 0.486 e. The second-order valence-electron chi connectivity index (χ2n) is 10.4. The van der Waals surface area contributed by atoms with Crippen LogP contribution in [0.2, 0.25) is 0 Å². The number of rotatable bonds is 6. The van der Waals surface area contributed by atoms with Crippen molar-refractivity contribution in [3.8, 4) is 5.75 Å². The topological polar surface area (TPSA) is 86.4 Å². The summed E-state index contributed by atoms with van der Waals surface area (Å²) in [5, 5.41) is 21.5. The molecule has 0 atom stereocenters. The first-order chi connectivity index (χ1) is 17.5. The van der Waals surface area contributed by atoms with Crippen LogP contribution in [0.25, 0.3) is 0 Å². The van der Waals surface area contributed by atoms with E-state index in [-0.39, 0.29) is 17.2 Å². The third-order valence-electron chi connectivity index (χ3n) is 7.99. The first-order valence-electron chi connectivity index (χ1n) is 12.8. The lowest BCUT2D eigenvalue weighted by atomic mass is 9.85. The Bertz CT molecular complexity index is 1270. The maximum Gasteiger partial charge on any atom is 0.254 e. The molecule has 36 heavy (non-hydrogen) atoms. The minimum absolute atomic E-state index is 0.102. The highest BCUT2D eigenvalue weighted by atomic mass is 16.5. The van der Waals surface area contributed by atoms with Crippen LogP contribution < -0.4 is 10.2 Å². The average Bonchev–Trinajstić information content (AvgIpc) is 3.41. The summed E-state index contributed by atoms with van der Waals surface area (Å²) >= 11 is 0. The predicted molar refractivity (Wildman–Crippen MR) is 134 cm³/mol. The van der Waals surface area contributed by atoms with Gasteiger partial charge in [0.25, 0.3) is 5.91 Å². The van der Waals surface area contributed by atoms with Crippen molar-refractivity contribution in [1.29, 1.82) is 0 Å². The van der Waals surface area contributed by atoms with E-state index in [9.17, 15) is 15.0 Å². The second-order valence-corrected chi connectivity index (χ2v) is 10.4. The molecule has 2 N–H and O–H groups in total. The standard InChI is InChI=1S/C29H32N2O5/c32-27-13-25(17-30-14-21-5-1-2-6-22(21)15-30)35-19-28(27)36-18-20-9-11-24(12-10-20)31-16-23-7-3-4-8-26(23)29(31,33)34/h1-8,13,19-20,24,33-34H,9-12,14-18H2/t20-,24-. The minimum Gasteiger partial charge on any atom is -0.486 e. The molecule has 0 saturated heterocycles. The Hall–Kier alpha value is -2.97. The van der Waals surface area contributed by atoms with Gasteiger partial charge in [-0.1, -0.05) is 48.5 Å². The van der Waals surface area contributed by atoms with E-state index in [4.69, 9.17) is 9.15 Å². The highest BCUT2D eigenvalue weighted by Crippen LogP contribution is 2.40. The van der Waals surface area contributed by atoms with Crippen LogP contribution >= 0.6 is 0 Å². The van der Waals surface area contributed by atoms with Crippen LogP contribution in [0.3, 0.4) is 0 Å². The van der Waals surface area contributed by atoms with Gasteiger partial charge in [0.15, 0.2) is 0 Å². The minimum atomic E-state index is -1.91. The quantitative estimate of drug-likeness (QED) is 0.512. The Morgan fingerprint density at radius 3 is 2.25 bits per heavy atom. The van der Waals surface area contributed by atoms with Crippen LogP contribution in [-0.2, 0) is 32.1 Å². The van der Waals surface area contributed by atoms with Gasteiger partial charge in [0.05, 0.1) is 13.2 Å². The molecule has 2 aliphatic heterocycles. The third-order valence-corrected chi connectivity index (χ3v) is 7.99. The lowest BCUT2D eigenvalue weighted by Crippen LogP contribution is -2.48. The number of aliphatic hydroxyl groups is 2. The van der Waals surface area contributed by atoms with E-state index in [1.54, 1.807) is 17.0 Å². The SMILES string of the molecule is O=c1cc(CN2Cc3ccccc3C2)occ1OC[C@H]1CC[C@H](N2Cc3ccccc3C2(O)O)CC1. The van der Waals surface area contributed by atoms with Crippen molar-refractivity contribution in [3.05, 3.63) is 99.1 Å². The molecular weight excluding hydrogens is 456 g/mol. The summed E-state index contributed by atoms with van der Waals surface area (Å²) in [4.78, 5) is 16.7. The lowest BCUT2D eigenvalue weighted by Gasteiger charge is -2.39. The van der Waals surface area contributed by atoms with Crippen molar-refractivity contribution in [2.45, 2.75) is 63.8 Å². The Morgan fingerprint density at radius 2 is 1.58 bits per heavy atom. The van der Waals surface area contributed by atoms with Crippen LogP contribution in [0, 0.1) is 5.92 Å².